The van der Waals surface area contributed by atoms with E-state index in [-0.39, 0.29) is 11.3 Å². The Labute approximate surface area is 147 Å². The molecule has 3 nitrogen and oxygen atoms in total. The van der Waals surface area contributed by atoms with Crippen LogP contribution in [0.4, 0.5) is 0 Å². The maximum atomic E-state index is 12.1. The summed E-state index contributed by atoms with van der Waals surface area (Å²) in [6.45, 7) is 0. The van der Waals surface area contributed by atoms with Gasteiger partial charge in [0, 0.05) is 3.57 Å². The Kier molecular flexibility index (Phi) is 5.39. The van der Waals surface area contributed by atoms with Gasteiger partial charge in [-0.2, -0.15) is 0 Å². The smallest absolute Gasteiger partial charge is 0.345 e. The first-order valence-electron chi connectivity index (χ1n) is 5.44. The average Bonchev–Trinajstić information content (AvgIpc) is 2.41. The third kappa shape index (κ3) is 3.50. The minimum atomic E-state index is -0.585. The molecule has 0 saturated heterocycles. The fourth-order valence-corrected chi connectivity index (χ4v) is 3.76. The summed E-state index contributed by atoms with van der Waals surface area (Å²) in [5.74, 6) is -0.330. The second-order valence-electron chi connectivity index (χ2n) is 3.79. The van der Waals surface area contributed by atoms with Gasteiger partial charge in [-0.05, 0) is 69.4 Å². The minimum Gasteiger partial charge on any atom is -0.421 e. The fraction of sp³-hybridized carbons (Fsp3) is 0. The summed E-state index contributed by atoms with van der Waals surface area (Å²) in [6.07, 6.45) is 0.666. The van der Waals surface area contributed by atoms with Crippen molar-refractivity contribution in [2.45, 2.75) is 0 Å². The Morgan fingerprint density at radius 2 is 1.90 bits per heavy atom. The van der Waals surface area contributed by atoms with Gasteiger partial charge >= 0.3 is 5.97 Å². The normalized spacial score (nSPS) is 10.2. The first-order chi connectivity index (χ1) is 9.52. The van der Waals surface area contributed by atoms with E-state index in [2.05, 4.69) is 22.6 Å². The topological polar surface area (TPSA) is 43.4 Å². The van der Waals surface area contributed by atoms with Crippen molar-refractivity contribution < 1.29 is 14.3 Å². The van der Waals surface area contributed by atoms with Crippen molar-refractivity contribution in [2.75, 3.05) is 0 Å². The number of rotatable bonds is 3. The van der Waals surface area contributed by atoms with Crippen molar-refractivity contribution in [1.29, 1.82) is 0 Å². The minimum absolute atomic E-state index is 0.255. The molecule has 0 aliphatic carbocycles. The highest BCUT2D eigenvalue weighted by Gasteiger charge is 2.17. The number of aldehydes is 1. The molecule has 0 aliphatic heterocycles. The van der Waals surface area contributed by atoms with E-state index in [1.807, 2.05) is 28.7 Å². The summed E-state index contributed by atoms with van der Waals surface area (Å²) in [5, 5.41) is 0.311. The first-order valence-corrected chi connectivity index (χ1v) is 7.97. The molecule has 0 atom stereocenters. The van der Waals surface area contributed by atoms with Crippen molar-refractivity contribution in [2.24, 2.45) is 0 Å². The van der Waals surface area contributed by atoms with Crippen LogP contribution in [0.2, 0.25) is 5.02 Å². The maximum absolute atomic E-state index is 12.1. The summed E-state index contributed by atoms with van der Waals surface area (Å²) < 4.78 is 6.91. The highest BCUT2D eigenvalue weighted by atomic mass is 127. The lowest BCUT2D eigenvalue weighted by Crippen LogP contribution is -2.11. The van der Waals surface area contributed by atoms with Crippen molar-refractivity contribution in [3.63, 3.8) is 0 Å². The monoisotopic (exact) mass is 512 g/mol. The standard InChI is InChI=1S/C14H7ClI2O3/c15-11-4-2-1-3-10(11)14(19)20-13-8(7-18)5-9(16)6-12(13)17/h1-7H. The van der Waals surface area contributed by atoms with Crippen molar-refractivity contribution in [3.05, 3.63) is 59.7 Å². The molecule has 2 rings (SSSR count). The Hall–Kier alpha value is -0.670. The molecule has 0 aromatic heterocycles. The molecule has 0 radical (unpaired) electrons. The molecule has 0 heterocycles. The van der Waals surface area contributed by atoms with Crippen molar-refractivity contribution in [1.82, 2.24) is 0 Å². The van der Waals surface area contributed by atoms with E-state index in [0.717, 1.165) is 3.57 Å². The summed E-state index contributed by atoms with van der Waals surface area (Å²) >= 11 is 10.1. The van der Waals surface area contributed by atoms with Crippen LogP contribution in [0.3, 0.4) is 0 Å². The van der Waals surface area contributed by atoms with Gasteiger partial charge in [-0.15, -0.1) is 0 Å². The van der Waals surface area contributed by atoms with Crippen LogP contribution in [0, 0.1) is 7.14 Å². The van der Waals surface area contributed by atoms with Crippen LogP contribution in [0.1, 0.15) is 20.7 Å². The number of hydrogen-bond acceptors (Lipinski definition) is 3. The summed E-state index contributed by atoms with van der Waals surface area (Å²) in [7, 11) is 0. The van der Waals surface area contributed by atoms with E-state index < -0.39 is 5.97 Å². The molecule has 2 aromatic carbocycles. The Bertz CT molecular complexity index is 686. The predicted molar refractivity (Wildman–Crippen MR) is 93.7 cm³/mol. The molecule has 2 aromatic rings. The van der Waals surface area contributed by atoms with E-state index in [4.69, 9.17) is 16.3 Å². The zero-order chi connectivity index (χ0) is 14.7. The molecule has 0 N–H and O–H groups in total. The van der Waals surface area contributed by atoms with Crippen molar-refractivity contribution in [3.8, 4) is 5.75 Å². The molecule has 0 aliphatic rings. The number of carbonyl (C=O) groups excluding carboxylic acids is 2. The Balaban J connectivity index is 2.38. The molecule has 20 heavy (non-hydrogen) atoms. The Morgan fingerprint density at radius 1 is 1.20 bits per heavy atom. The molecule has 0 fully saturated rings. The number of ether oxygens (including phenoxy) is 1. The maximum Gasteiger partial charge on any atom is 0.345 e. The second kappa shape index (κ2) is 6.86. The van der Waals surface area contributed by atoms with Crippen LogP contribution in [-0.2, 0) is 0 Å². The zero-order valence-corrected chi connectivity index (χ0v) is 15.0. The zero-order valence-electron chi connectivity index (χ0n) is 9.90. The third-order valence-corrected chi connectivity index (χ3v) is 4.21. The van der Waals surface area contributed by atoms with Gasteiger partial charge in [-0.25, -0.2) is 4.79 Å². The summed E-state index contributed by atoms with van der Waals surface area (Å²) in [6, 6.07) is 10.1. The van der Waals surface area contributed by atoms with E-state index in [9.17, 15) is 9.59 Å². The van der Waals surface area contributed by atoms with Gasteiger partial charge < -0.3 is 4.74 Å². The van der Waals surface area contributed by atoms with Crippen LogP contribution in [0.5, 0.6) is 5.75 Å². The van der Waals surface area contributed by atoms with E-state index in [1.165, 1.54) is 0 Å². The lowest BCUT2D eigenvalue weighted by Gasteiger charge is -2.10. The molecular weight excluding hydrogens is 505 g/mol. The van der Waals surface area contributed by atoms with Crippen LogP contribution < -0.4 is 4.74 Å². The third-order valence-electron chi connectivity index (χ3n) is 2.45. The van der Waals surface area contributed by atoms with E-state index in [1.54, 1.807) is 30.3 Å². The number of halogens is 3. The highest BCUT2D eigenvalue weighted by Crippen LogP contribution is 2.28. The van der Waals surface area contributed by atoms with Crippen LogP contribution in [-0.4, -0.2) is 12.3 Å². The summed E-state index contributed by atoms with van der Waals surface area (Å²) in [4.78, 5) is 23.2. The quantitative estimate of drug-likeness (QED) is 0.262. The second-order valence-corrected chi connectivity index (χ2v) is 6.61. The van der Waals surface area contributed by atoms with Gasteiger partial charge in [0.2, 0.25) is 0 Å². The average molecular weight is 512 g/mol. The number of benzene rings is 2. The first kappa shape index (κ1) is 15.7. The lowest BCUT2D eigenvalue weighted by atomic mass is 10.2. The van der Waals surface area contributed by atoms with E-state index >= 15 is 0 Å². The van der Waals surface area contributed by atoms with Crippen molar-refractivity contribution >= 4 is 69.0 Å². The van der Waals surface area contributed by atoms with Gasteiger partial charge in [0.05, 0.1) is 19.7 Å². The van der Waals surface area contributed by atoms with Crippen LogP contribution in [0.25, 0.3) is 0 Å². The molecule has 6 heteroatoms. The van der Waals surface area contributed by atoms with E-state index in [0.29, 0.717) is 20.4 Å². The SMILES string of the molecule is O=Cc1cc(I)cc(I)c1OC(=O)c1ccccc1Cl. The Morgan fingerprint density at radius 3 is 2.55 bits per heavy atom. The predicted octanol–water partition coefficient (Wildman–Crippen LogP) is 4.58. The molecular formula is C14H7ClI2O3. The molecule has 102 valence electrons. The van der Waals surface area contributed by atoms with Gasteiger partial charge in [-0.3, -0.25) is 4.79 Å². The molecule has 0 amide bonds. The number of hydrogen-bond donors (Lipinski definition) is 0. The largest absolute Gasteiger partial charge is 0.421 e. The van der Waals surface area contributed by atoms with Crippen LogP contribution >= 0.6 is 56.8 Å². The fourth-order valence-electron chi connectivity index (χ4n) is 1.55. The van der Waals surface area contributed by atoms with Crippen LogP contribution in [0.15, 0.2) is 36.4 Å². The highest BCUT2D eigenvalue weighted by molar-refractivity contribution is 14.1. The summed E-state index contributed by atoms with van der Waals surface area (Å²) in [5.41, 5.74) is 0.599. The van der Waals surface area contributed by atoms with Gasteiger partial charge in [0.15, 0.2) is 12.0 Å². The van der Waals surface area contributed by atoms with Gasteiger partial charge in [0.25, 0.3) is 0 Å². The van der Waals surface area contributed by atoms with Gasteiger partial charge in [0.1, 0.15) is 0 Å². The number of esters is 1. The molecule has 0 saturated carbocycles. The molecule has 0 unspecified atom stereocenters. The number of carbonyl (C=O) groups is 2. The molecule has 0 spiro atoms. The lowest BCUT2D eigenvalue weighted by molar-refractivity contribution is 0.0732. The van der Waals surface area contributed by atoms with Gasteiger partial charge in [-0.1, -0.05) is 23.7 Å². The molecule has 0 bridgehead atoms.